The number of carbonyl (C=O) groups is 1. The van der Waals surface area contributed by atoms with E-state index >= 15 is 0 Å². The van der Waals surface area contributed by atoms with Crippen LogP contribution in [-0.4, -0.2) is 34.8 Å². The monoisotopic (exact) mass is 314 g/mol. The summed E-state index contributed by atoms with van der Waals surface area (Å²) in [6.07, 6.45) is 5.19. The van der Waals surface area contributed by atoms with Crippen molar-refractivity contribution in [1.82, 2.24) is 20.4 Å². The van der Waals surface area contributed by atoms with Crippen molar-refractivity contribution in [1.29, 1.82) is 0 Å². The van der Waals surface area contributed by atoms with Gasteiger partial charge in [-0.2, -0.15) is 5.10 Å². The Morgan fingerprint density at radius 3 is 2.90 bits per heavy atom. The van der Waals surface area contributed by atoms with Crippen molar-refractivity contribution < 1.29 is 4.79 Å². The average molecular weight is 315 g/mol. The summed E-state index contributed by atoms with van der Waals surface area (Å²) < 4.78 is 1.92. The van der Waals surface area contributed by atoms with Crippen LogP contribution in [0.25, 0.3) is 0 Å². The van der Waals surface area contributed by atoms with Crippen LogP contribution in [0.5, 0.6) is 0 Å². The zero-order chi connectivity index (χ0) is 14.5. The Morgan fingerprint density at radius 2 is 2.29 bits per heavy atom. The van der Waals surface area contributed by atoms with Gasteiger partial charge in [-0.25, -0.2) is 0 Å². The molecule has 2 heterocycles. The highest BCUT2D eigenvalue weighted by Crippen LogP contribution is 2.15. The lowest BCUT2D eigenvalue weighted by molar-refractivity contribution is 0.0929. The van der Waals surface area contributed by atoms with E-state index in [-0.39, 0.29) is 24.4 Å². The quantitative estimate of drug-likeness (QED) is 0.877. The highest BCUT2D eigenvalue weighted by molar-refractivity contribution is 5.92. The van der Waals surface area contributed by atoms with Crippen molar-refractivity contribution in [3.63, 3.8) is 0 Å². The van der Waals surface area contributed by atoms with E-state index in [9.17, 15) is 4.79 Å². The summed E-state index contributed by atoms with van der Waals surface area (Å²) in [6, 6.07) is 2.37. The third-order valence-electron chi connectivity index (χ3n) is 3.69. The van der Waals surface area contributed by atoms with E-state index in [2.05, 4.69) is 29.6 Å². The van der Waals surface area contributed by atoms with Crippen LogP contribution in [0.4, 0.5) is 0 Å². The van der Waals surface area contributed by atoms with Gasteiger partial charge in [0, 0.05) is 18.8 Å². The summed E-state index contributed by atoms with van der Waals surface area (Å²) in [7, 11) is 0. The smallest absolute Gasteiger partial charge is 0.271 e. The molecule has 0 saturated carbocycles. The number of hydrogen-bond acceptors (Lipinski definition) is 3. The van der Waals surface area contributed by atoms with E-state index in [1.165, 1.54) is 0 Å². The number of hydrogen-bond donors (Lipinski definition) is 2. The second-order valence-corrected chi connectivity index (χ2v) is 6.19. The van der Waals surface area contributed by atoms with Gasteiger partial charge in [0.25, 0.3) is 5.91 Å². The molecule has 2 rings (SSSR count). The van der Waals surface area contributed by atoms with E-state index in [0.717, 1.165) is 32.4 Å². The van der Waals surface area contributed by atoms with Crippen LogP contribution in [0.1, 0.15) is 56.6 Å². The topological polar surface area (TPSA) is 59.0 Å². The third kappa shape index (κ3) is 5.32. The molecule has 2 atom stereocenters. The number of halogens is 1. The molecule has 0 aliphatic carbocycles. The largest absolute Gasteiger partial charge is 0.348 e. The molecule has 1 aromatic heterocycles. The molecule has 1 aromatic rings. The van der Waals surface area contributed by atoms with Crippen LogP contribution in [0, 0.1) is 5.92 Å². The molecule has 5 nitrogen and oxygen atoms in total. The Morgan fingerprint density at radius 1 is 1.52 bits per heavy atom. The Labute approximate surface area is 133 Å². The minimum absolute atomic E-state index is 0. The summed E-state index contributed by atoms with van der Waals surface area (Å²) in [6.45, 7) is 8.38. The van der Waals surface area contributed by atoms with Crippen molar-refractivity contribution in [2.75, 3.05) is 13.1 Å². The SMILES string of the molecule is CC(C)CC(C)NC(=O)c1ccn(C2CCCNC2)n1.Cl. The number of nitrogens with zero attached hydrogens (tertiary/aromatic N) is 2. The van der Waals surface area contributed by atoms with Gasteiger partial charge in [-0.05, 0) is 44.7 Å². The number of aromatic nitrogens is 2. The molecule has 0 radical (unpaired) electrons. The van der Waals surface area contributed by atoms with Crippen molar-refractivity contribution in [3.05, 3.63) is 18.0 Å². The molecule has 2 N–H and O–H groups in total. The lowest BCUT2D eigenvalue weighted by Gasteiger charge is -2.22. The van der Waals surface area contributed by atoms with Gasteiger partial charge >= 0.3 is 0 Å². The third-order valence-corrected chi connectivity index (χ3v) is 3.69. The molecule has 21 heavy (non-hydrogen) atoms. The van der Waals surface area contributed by atoms with Gasteiger partial charge in [0.1, 0.15) is 5.69 Å². The highest BCUT2D eigenvalue weighted by atomic mass is 35.5. The van der Waals surface area contributed by atoms with E-state index in [1.807, 2.05) is 23.9 Å². The van der Waals surface area contributed by atoms with Gasteiger partial charge in [-0.1, -0.05) is 13.8 Å². The molecular formula is C15H27ClN4O. The first-order chi connectivity index (χ1) is 9.56. The first-order valence-electron chi connectivity index (χ1n) is 7.63. The number of piperidine rings is 1. The minimum atomic E-state index is -0.0688. The molecule has 1 fully saturated rings. The number of rotatable bonds is 5. The van der Waals surface area contributed by atoms with Gasteiger partial charge in [-0.3, -0.25) is 9.48 Å². The average Bonchev–Trinajstić information content (AvgIpc) is 2.88. The molecule has 2 unspecified atom stereocenters. The normalized spacial score (nSPS) is 19.9. The minimum Gasteiger partial charge on any atom is -0.348 e. The maximum absolute atomic E-state index is 12.1. The Balaban J connectivity index is 0.00000220. The Bertz CT molecular complexity index is 441. The van der Waals surface area contributed by atoms with Gasteiger partial charge in [-0.15, -0.1) is 12.4 Å². The molecule has 1 aliphatic rings. The molecule has 0 bridgehead atoms. The maximum atomic E-state index is 12.1. The molecule has 1 aliphatic heterocycles. The van der Waals surface area contributed by atoms with Crippen molar-refractivity contribution in [3.8, 4) is 0 Å². The highest BCUT2D eigenvalue weighted by Gasteiger charge is 2.18. The molecule has 1 amide bonds. The van der Waals surface area contributed by atoms with Gasteiger partial charge in [0.2, 0.25) is 0 Å². The van der Waals surface area contributed by atoms with Gasteiger partial charge < -0.3 is 10.6 Å². The Hall–Kier alpha value is -1.07. The van der Waals surface area contributed by atoms with Crippen LogP contribution in [0.3, 0.4) is 0 Å². The zero-order valence-corrected chi connectivity index (χ0v) is 13.9. The van der Waals surface area contributed by atoms with E-state index in [0.29, 0.717) is 17.7 Å². The van der Waals surface area contributed by atoms with Crippen molar-refractivity contribution in [2.45, 2.75) is 52.1 Å². The zero-order valence-electron chi connectivity index (χ0n) is 13.1. The molecule has 0 aromatic carbocycles. The first kappa shape index (κ1) is 18.0. The summed E-state index contributed by atoms with van der Waals surface area (Å²) in [5, 5.41) is 10.8. The fourth-order valence-electron chi connectivity index (χ4n) is 2.79. The van der Waals surface area contributed by atoms with Crippen LogP contribution in [0.15, 0.2) is 12.3 Å². The van der Waals surface area contributed by atoms with Crippen LogP contribution < -0.4 is 10.6 Å². The van der Waals surface area contributed by atoms with Crippen LogP contribution in [0.2, 0.25) is 0 Å². The predicted octanol–water partition coefficient (Wildman–Crippen LogP) is 2.39. The second kappa shape index (κ2) is 8.39. The lowest BCUT2D eigenvalue weighted by atomic mass is 10.1. The summed E-state index contributed by atoms with van der Waals surface area (Å²) in [4.78, 5) is 12.1. The maximum Gasteiger partial charge on any atom is 0.271 e. The van der Waals surface area contributed by atoms with Gasteiger partial charge in [0.05, 0.1) is 6.04 Å². The summed E-state index contributed by atoms with van der Waals surface area (Å²) >= 11 is 0. The molecule has 120 valence electrons. The number of carbonyl (C=O) groups excluding carboxylic acids is 1. The molecule has 1 saturated heterocycles. The summed E-state index contributed by atoms with van der Waals surface area (Å²) in [5.41, 5.74) is 0.520. The van der Waals surface area contributed by atoms with Crippen molar-refractivity contribution in [2.24, 2.45) is 5.92 Å². The fraction of sp³-hybridized carbons (Fsp3) is 0.733. The van der Waals surface area contributed by atoms with E-state index in [4.69, 9.17) is 0 Å². The van der Waals surface area contributed by atoms with E-state index < -0.39 is 0 Å². The standard InChI is InChI=1S/C15H26N4O.ClH/c1-11(2)9-12(3)17-15(20)14-6-8-19(18-14)13-5-4-7-16-10-13;/h6,8,11-13,16H,4-5,7,9-10H2,1-3H3,(H,17,20);1H. The molecular weight excluding hydrogens is 288 g/mol. The summed E-state index contributed by atoms with van der Waals surface area (Å²) in [5.74, 6) is 0.511. The Kier molecular flexibility index (Phi) is 7.18. The number of amides is 1. The predicted molar refractivity (Wildman–Crippen MR) is 87.0 cm³/mol. The van der Waals surface area contributed by atoms with Crippen LogP contribution >= 0.6 is 12.4 Å². The van der Waals surface area contributed by atoms with E-state index in [1.54, 1.807) is 0 Å². The second-order valence-electron chi connectivity index (χ2n) is 6.19. The molecule has 6 heteroatoms. The first-order valence-corrected chi connectivity index (χ1v) is 7.63. The van der Waals surface area contributed by atoms with Crippen molar-refractivity contribution >= 4 is 18.3 Å². The van der Waals surface area contributed by atoms with Gasteiger partial charge in [0.15, 0.2) is 0 Å². The fourth-order valence-corrected chi connectivity index (χ4v) is 2.79. The lowest BCUT2D eigenvalue weighted by Crippen LogP contribution is -2.34. The number of nitrogens with one attached hydrogen (secondary N) is 2. The van der Waals surface area contributed by atoms with Crippen LogP contribution in [-0.2, 0) is 0 Å². The molecule has 0 spiro atoms.